The van der Waals surface area contributed by atoms with Crippen molar-refractivity contribution in [2.24, 2.45) is 11.3 Å². The Balaban J connectivity index is 0.000000468. The molecule has 0 radical (unpaired) electrons. The number of carbonyl (C=O) groups excluding carboxylic acids is 1. The number of nitrogens with one attached hydrogen (secondary N) is 1. The van der Waals surface area contributed by atoms with Gasteiger partial charge in [0.25, 0.3) is 0 Å². The van der Waals surface area contributed by atoms with Crippen LogP contribution in [0.2, 0.25) is 0 Å². The molecule has 0 saturated carbocycles. The van der Waals surface area contributed by atoms with Crippen LogP contribution in [-0.2, 0) is 11.2 Å². The van der Waals surface area contributed by atoms with Crippen molar-refractivity contribution >= 4 is 17.4 Å². The molecular formula is C34H46N4O. The lowest BCUT2D eigenvalue weighted by Crippen LogP contribution is -2.30. The topological polar surface area (TPSA) is 80.9 Å². The zero-order valence-electron chi connectivity index (χ0n) is 24.1. The number of aryl methyl sites for hydroxylation is 1. The normalized spacial score (nSPS) is 11.5. The van der Waals surface area contributed by atoms with Crippen molar-refractivity contribution in [1.82, 2.24) is 9.97 Å². The van der Waals surface area contributed by atoms with Crippen LogP contribution in [-0.4, -0.2) is 15.9 Å². The van der Waals surface area contributed by atoms with Gasteiger partial charge in [-0.3, -0.25) is 9.78 Å². The molecule has 3 N–H and O–H groups in total. The quantitative estimate of drug-likeness (QED) is 0.246. The maximum absolute atomic E-state index is 12.6. The summed E-state index contributed by atoms with van der Waals surface area (Å²) < 4.78 is 0. The van der Waals surface area contributed by atoms with E-state index in [1.54, 1.807) is 24.7 Å². The number of benzene rings is 1. The van der Waals surface area contributed by atoms with Gasteiger partial charge in [0, 0.05) is 29.7 Å². The second-order valence-corrected chi connectivity index (χ2v) is 9.76. The van der Waals surface area contributed by atoms with Gasteiger partial charge in [-0.2, -0.15) is 0 Å². The lowest BCUT2D eigenvalue weighted by atomic mass is 9.87. The van der Waals surface area contributed by atoms with E-state index in [0.29, 0.717) is 11.7 Å². The first-order valence-corrected chi connectivity index (χ1v) is 13.6. The number of nitrogen functional groups attached to an aromatic ring is 1. The number of nitrogens with two attached hydrogens (primary N) is 1. The molecule has 0 bridgehead atoms. The molecule has 39 heavy (non-hydrogen) atoms. The van der Waals surface area contributed by atoms with Crippen LogP contribution >= 0.6 is 0 Å². The number of aromatic nitrogens is 2. The summed E-state index contributed by atoms with van der Waals surface area (Å²) in [5.41, 5.74) is 8.26. The van der Waals surface area contributed by atoms with Crippen molar-refractivity contribution in [3.8, 4) is 0 Å². The molecule has 0 fully saturated rings. The highest BCUT2D eigenvalue weighted by atomic mass is 16.2. The number of pyridine rings is 2. The number of rotatable bonds is 11. The molecule has 1 aromatic carbocycles. The maximum atomic E-state index is 12.6. The number of hydrogen-bond donors (Lipinski definition) is 2. The van der Waals surface area contributed by atoms with E-state index < -0.39 is 0 Å². The van der Waals surface area contributed by atoms with Crippen molar-refractivity contribution in [2.45, 2.75) is 59.8 Å². The fourth-order valence-corrected chi connectivity index (χ4v) is 3.66. The molecule has 0 saturated heterocycles. The van der Waals surface area contributed by atoms with Crippen LogP contribution in [0.3, 0.4) is 0 Å². The minimum absolute atomic E-state index is 0.0795. The lowest BCUT2D eigenvalue weighted by Gasteiger charge is -2.23. The molecule has 0 aliphatic heterocycles. The molecule has 1 atom stereocenters. The fourth-order valence-electron chi connectivity index (χ4n) is 3.66. The van der Waals surface area contributed by atoms with Crippen molar-refractivity contribution in [1.29, 1.82) is 0 Å². The van der Waals surface area contributed by atoms with Gasteiger partial charge in [-0.05, 0) is 73.1 Å². The number of amides is 1. The SMILES string of the molecule is C=C/C=C(\C=C)C(CCC)CCc1ccccc1NC(=O)C(C)(C)CC.Nc1ccccn1.c1ccncc1. The average Bonchev–Trinajstić information content (AvgIpc) is 2.96. The molecule has 5 nitrogen and oxygen atoms in total. The molecule has 2 heterocycles. The Kier molecular flexibility index (Phi) is 16.2. The summed E-state index contributed by atoms with van der Waals surface area (Å²) in [4.78, 5) is 20.1. The highest BCUT2D eigenvalue weighted by Gasteiger charge is 2.25. The second-order valence-electron chi connectivity index (χ2n) is 9.76. The number of para-hydroxylation sites is 1. The summed E-state index contributed by atoms with van der Waals surface area (Å²) in [6.45, 7) is 16.0. The van der Waals surface area contributed by atoms with Gasteiger partial charge in [0.2, 0.25) is 5.91 Å². The number of hydrogen-bond acceptors (Lipinski definition) is 4. The third-order valence-electron chi connectivity index (χ3n) is 6.44. The second kappa shape index (κ2) is 19.1. The first-order valence-electron chi connectivity index (χ1n) is 13.6. The van der Waals surface area contributed by atoms with E-state index in [9.17, 15) is 4.79 Å². The first-order chi connectivity index (χ1) is 18.8. The van der Waals surface area contributed by atoms with Crippen molar-refractivity contribution in [2.75, 3.05) is 11.1 Å². The third kappa shape index (κ3) is 13.4. The molecule has 3 aromatic rings. The van der Waals surface area contributed by atoms with Gasteiger partial charge in [-0.25, -0.2) is 4.98 Å². The van der Waals surface area contributed by atoms with Crippen molar-refractivity contribution in [3.05, 3.63) is 122 Å². The van der Waals surface area contributed by atoms with E-state index in [4.69, 9.17) is 5.73 Å². The molecule has 0 aliphatic carbocycles. The van der Waals surface area contributed by atoms with E-state index in [-0.39, 0.29) is 11.3 Å². The van der Waals surface area contributed by atoms with Crippen LogP contribution in [0.1, 0.15) is 58.9 Å². The number of allylic oxidation sites excluding steroid dienone is 4. The summed E-state index contributed by atoms with van der Waals surface area (Å²) in [5, 5.41) is 3.14. The van der Waals surface area contributed by atoms with E-state index in [0.717, 1.165) is 37.8 Å². The van der Waals surface area contributed by atoms with Gasteiger partial charge in [0.15, 0.2) is 0 Å². The Bertz CT molecular complexity index is 1100. The summed E-state index contributed by atoms with van der Waals surface area (Å²) in [6, 6.07) is 19.3. The number of carbonyl (C=O) groups is 1. The minimum Gasteiger partial charge on any atom is -0.384 e. The molecule has 3 rings (SSSR count). The lowest BCUT2D eigenvalue weighted by molar-refractivity contribution is -0.124. The monoisotopic (exact) mass is 526 g/mol. The smallest absolute Gasteiger partial charge is 0.230 e. The van der Waals surface area contributed by atoms with E-state index in [1.165, 1.54) is 11.1 Å². The molecule has 1 unspecified atom stereocenters. The van der Waals surface area contributed by atoms with Crippen molar-refractivity contribution < 1.29 is 4.79 Å². The van der Waals surface area contributed by atoms with Crippen molar-refractivity contribution in [3.63, 3.8) is 0 Å². The molecule has 2 aromatic heterocycles. The Hall–Kier alpha value is -3.99. The predicted molar refractivity (Wildman–Crippen MR) is 167 cm³/mol. The van der Waals surface area contributed by atoms with Crippen LogP contribution in [0.4, 0.5) is 11.5 Å². The predicted octanol–water partition coefficient (Wildman–Crippen LogP) is 8.45. The largest absolute Gasteiger partial charge is 0.384 e. The van der Waals surface area contributed by atoms with Gasteiger partial charge >= 0.3 is 0 Å². The van der Waals surface area contributed by atoms with Crippen LogP contribution in [0, 0.1) is 11.3 Å². The standard InChI is InChI=1S/C24H35NO.C5H6N2.C5H5N/c1-7-13-19(9-3)20(14-8-2)17-18-21-15-11-12-16-22(21)25-23(26)24(5,6)10-4;6-5-3-1-2-4-7-5;1-2-4-6-5-3-1/h7,9,11-13,15-16,20H,1,3,8,10,14,17-18H2,2,4-6H3,(H,25,26);1-4H,(H2,6,7);1-5H/b19-13+;;. The summed E-state index contributed by atoms with van der Waals surface area (Å²) in [6.07, 6.45) is 16.0. The first kappa shape index (κ1) is 33.0. The Morgan fingerprint density at radius 2 is 1.64 bits per heavy atom. The van der Waals surface area contributed by atoms with Gasteiger partial charge in [0.05, 0.1) is 0 Å². The van der Waals surface area contributed by atoms with Crippen LogP contribution < -0.4 is 11.1 Å². The zero-order chi connectivity index (χ0) is 28.9. The van der Waals surface area contributed by atoms with Gasteiger partial charge in [-0.15, -0.1) is 0 Å². The zero-order valence-corrected chi connectivity index (χ0v) is 24.1. The molecule has 0 spiro atoms. The third-order valence-corrected chi connectivity index (χ3v) is 6.44. The Labute approximate surface area is 236 Å². The molecule has 208 valence electrons. The van der Waals surface area contributed by atoms with Gasteiger partial charge in [-0.1, -0.05) is 95.8 Å². The maximum Gasteiger partial charge on any atom is 0.230 e. The van der Waals surface area contributed by atoms with Gasteiger partial charge < -0.3 is 11.1 Å². The average molecular weight is 527 g/mol. The van der Waals surface area contributed by atoms with Gasteiger partial charge in [0.1, 0.15) is 5.82 Å². The van der Waals surface area contributed by atoms with E-state index >= 15 is 0 Å². The summed E-state index contributed by atoms with van der Waals surface area (Å²) in [5.74, 6) is 1.12. The number of anilines is 2. The highest BCUT2D eigenvalue weighted by Crippen LogP contribution is 2.28. The molecular weight excluding hydrogens is 480 g/mol. The van der Waals surface area contributed by atoms with Crippen LogP contribution in [0.15, 0.2) is 116 Å². The Morgan fingerprint density at radius 3 is 2.10 bits per heavy atom. The van der Waals surface area contributed by atoms with Crippen LogP contribution in [0.5, 0.6) is 0 Å². The number of nitrogens with zero attached hydrogens (tertiary/aromatic N) is 2. The minimum atomic E-state index is -0.361. The Morgan fingerprint density at radius 1 is 0.974 bits per heavy atom. The fraction of sp³-hybridized carbons (Fsp3) is 0.324. The highest BCUT2D eigenvalue weighted by molar-refractivity contribution is 5.95. The van der Waals surface area contributed by atoms with Crippen LogP contribution in [0.25, 0.3) is 0 Å². The van der Waals surface area contributed by atoms with E-state index in [2.05, 4.69) is 47.5 Å². The van der Waals surface area contributed by atoms with E-state index in [1.807, 2.05) is 81.5 Å². The summed E-state index contributed by atoms with van der Waals surface area (Å²) in [7, 11) is 0. The molecule has 5 heteroatoms. The molecule has 1 amide bonds. The summed E-state index contributed by atoms with van der Waals surface area (Å²) >= 11 is 0. The molecule has 0 aliphatic rings.